The van der Waals surface area contributed by atoms with E-state index in [1.165, 1.54) is 0 Å². The van der Waals surface area contributed by atoms with Crippen LogP contribution in [-0.2, 0) is 91.8 Å². The fraction of sp³-hybridized carbons (Fsp3) is 0. The summed E-state index contributed by atoms with van der Waals surface area (Å²) in [7, 11) is 0. The summed E-state index contributed by atoms with van der Waals surface area (Å²) in [4.78, 5) is 0. The van der Waals surface area contributed by atoms with Crippen LogP contribution in [0.5, 0.6) is 0 Å². The van der Waals surface area contributed by atoms with E-state index in [0.29, 0.717) is 0 Å². The molecule has 0 rings (SSSR count). The Morgan fingerprint density at radius 1 is 1.00 bits per heavy atom. The number of hydrogen-bond donors (Lipinski definition) is 0. The number of rotatable bonds is 0. The Morgan fingerprint density at radius 3 is 1.00 bits per heavy atom. The van der Waals surface area contributed by atoms with E-state index in [-0.39, 0.29) is 91.8 Å². The first-order valence-electron chi connectivity index (χ1n) is 0. The van der Waals surface area contributed by atoms with Gasteiger partial charge >= 0.3 is 0 Å². The summed E-state index contributed by atoms with van der Waals surface area (Å²) in [5.74, 6) is 0. The van der Waals surface area contributed by atoms with Gasteiger partial charge in [-0.05, 0) is 0 Å². The van der Waals surface area contributed by atoms with Crippen LogP contribution in [0.1, 0.15) is 0 Å². The van der Waals surface area contributed by atoms with Crippen LogP contribution in [0.15, 0.2) is 0 Å². The second kappa shape index (κ2) is 28.7. The van der Waals surface area contributed by atoms with Crippen molar-refractivity contribution in [2.24, 2.45) is 0 Å². The maximum atomic E-state index is 0. The van der Waals surface area contributed by atoms with Crippen LogP contribution in [-0.4, -0.2) is 0 Å². The molecule has 5 heavy (non-hydrogen) atoms. The molecule has 0 nitrogen and oxygen atoms in total. The predicted octanol–water partition coefficient (Wildman–Crippen LogP) is -0.0125. The van der Waals surface area contributed by atoms with Gasteiger partial charge in [-0.15, -0.1) is 0 Å². The maximum absolute atomic E-state index is 0. The molecular formula is CrFeMnTiV. The van der Waals surface area contributed by atoms with Gasteiger partial charge in [0.2, 0.25) is 0 Å². The van der Waals surface area contributed by atoms with Crippen LogP contribution >= 0.6 is 0 Å². The van der Waals surface area contributed by atoms with Gasteiger partial charge in [-0.2, -0.15) is 0 Å². The molecule has 0 aromatic carbocycles. The summed E-state index contributed by atoms with van der Waals surface area (Å²) in [6, 6.07) is 0. The average Bonchev–Trinajstić information content (AvgIpc) is 0. The second-order valence-corrected chi connectivity index (χ2v) is 0. The summed E-state index contributed by atoms with van der Waals surface area (Å²) in [5.41, 5.74) is 0. The molecule has 0 spiro atoms. The van der Waals surface area contributed by atoms with Crippen molar-refractivity contribution in [1.82, 2.24) is 0 Å². The van der Waals surface area contributed by atoms with Crippen LogP contribution in [0.4, 0.5) is 0 Å². The SMILES string of the molecule is [Cr].[Fe].[Mn].[Ti].[V]. The summed E-state index contributed by atoms with van der Waals surface area (Å²) < 4.78 is 0. The number of hydrogen-bond acceptors (Lipinski definition) is 0. The molecule has 0 heterocycles. The van der Waals surface area contributed by atoms with E-state index in [9.17, 15) is 0 Å². The molecule has 0 aromatic heterocycles. The first-order valence-corrected chi connectivity index (χ1v) is 0. The van der Waals surface area contributed by atoms with Crippen LogP contribution < -0.4 is 0 Å². The Balaban J connectivity index is 0. The van der Waals surface area contributed by atoms with Crippen LogP contribution in [0.25, 0.3) is 0 Å². The molecule has 30 valence electrons. The maximum Gasteiger partial charge on any atom is 0 e. The van der Waals surface area contributed by atoms with Gasteiger partial charge in [0.15, 0.2) is 0 Å². The predicted molar refractivity (Wildman–Crippen MR) is 0 cm³/mol. The Bertz CT molecular complexity index is 11.6. The van der Waals surface area contributed by atoms with Gasteiger partial charge in [0, 0.05) is 91.8 Å². The first-order chi connectivity index (χ1) is 0. The van der Waals surface area contributed by atoms with Gasteiger partial charge in [0.1, 0.15) is 0 Å². The molecule has 5 heteroatoms. The van der Waals surface area contributed by atoms with Crippen LogP contribution in [0.3, 0.4) is 0 Å². The van der Waals surface area contributed by atoms with Crippen molar-refractivity contribution in [3.05, 3.63) is 0 Å². The minimum Gasteiger partial charge on any atom is 0 e. The van der Waals surface area contributed by atoms with E-state index >= 15 is 0 Å². The molecule has 0 atom stereocenters. The van der Waals surface area contributed by atoms with Crippen molar-refractivity contribution in [1.29, 1.82) is 0 Å². The van der Waals surface area contributed by atoms with Crippen molar-refractivity contribution in [2.75, 3.05) is 0 Å². The van der Waals surface area contributed by atoms with Crippen molar-refractivity contribution in [2.45, 2.75) is 0 Å². The van der Waals surface area contributed by atoms with Gasteiger partial charge in [0.05, 0.1) is 0 Å². The summed E-state index contributed by atoms with van der Waals surface area (Å²) in [6.07, 6.45) is 0. The molecule has 0 saturated carbocycles. The third-order valence-corrected chi connectivity index (χ3v) is 0. The van der Waals surface area contributed by atoms with Crippen molar-refractivity contribution in [3.63, 3.8) is 0 Å². The second-order valence-electron chi connectivity index (χ2n) is 0. The van der Waals surface area contributed by atoms with Gasteiger partial charge in [-0.25, -0.2) is 0 Å². The molecule has 0 N–H and O–H groups in total. The van der Waals surface area contributed by atoms with Gasteiger partial charge < -0.3 is 0 Å². The molecule has 0 bridgehead atoms. The van der Waals surface area contributed by atoms with Crippen molar-refractivity contribution in [3.8, 4) is 0 Å². The monoisotopic (exact) mass is 262 g/mol. The Hall–Kier alpha value is 2.87. The van der Waals surface area contributed by atoms with Gasteiger partial charge in [-0.1, -0.05) is 0 Å². The Kier molecular flexibility index (Phi) is 259. The summed E-state index contributed by atoms with van der Waals surface area (Å²) in [5, 5.41) is 0. The zero-order valence-electron chi connectivity index (χ0n) is 2.09. The summed E-state index contributed by atoms with van der Waals surface area (Å²) >= 11 is 0. The Labute approximate surface area is 90.4 Å². The summed E-state index contributed by atoms with van der Waals surface area (Å²) in [6.45, 7) is 0. The quantitative estimate of drug-likeness (QED) is 0.538. The van der Waals surface area contributed by atoms with E-state index in [4.69, 9.17) is 0 Å². The standard InChI is InChI=1S/Cr.Fe.Mn.Ti.V. The topological polar surface area (TPSA) is 0 Å². The zero-order chi connectivity index (χ0) is 0. The molecule has 2 radical (unpaired) electrons. The molecule has 0 amide bonds. The fourth-order valence-electron chi connectivity index (χ4n) is 0. The molecule has 0 fully saturated rings. The zero-order valence-corrected chi connectivity index (χ0v) is 8.60. The van der Waals surface area contributed by atoms with Crippen molar-refractivity contribution < 1.29 is 91.8 Å². The van der Waals surface area contributed by atoms with E-state index < -0.39 is 0 Å². The van der Waals surface area contributed by atoms with Crippen LogP contribution in [0, 0.1) is 0 Å². The average molecular weight is 262 g/mol. The minimum absolute atomic E-state index is 0. The molecule has 0 aliphatic rings. The fourth-order valence-corrected chi connectivity index (χ4v) is 0. The first kappa shape index (κ1) is 45.1. The van der Waals surface area contributed by atoms with Gasteiger partial charge in [-0.3, -0.25) is 0 Å². The Morgan fingerprint density at radius 2 is 1.00 bits per heavy atom. The molecule has 0 aromatic rings. The molecule has 0 unspecified atom stereocenters. The van der Waals surface area contributed by atoms with Crippen molar-refractivity contribution >= 4 is 0 Å². The third kappa shape index (κ3) is 19.8. The molecule has 0 aliphatic heterocycles. The largest absolute Gasteiger partial charge is 0 e. The van der Waals surface area contributed by atoms with Crippen LogP contribution in [0.2, 0.25) is 0 Å². The normalized spacial score (nSPS) is 0. The van der Waals surface area contributed by atoms with Gasteiger partial charge in [0.25, 0.3) is 0 Å². The van der Waals surface area contributed by atoms with E-state index in [1.807, 2.05) is 0 Å². The molecular weight excluding hydrogens is 262 g/mol. The molecule has 0 saturated heterocycles. The van der Waals surface area contributed by atoms with E-state index in [0.717, 1.165) is 0 Å². The smallest absolute Gasteiger partial charge is 0 e. The molecule has 0 aliphatic carbocycles. The van der Waals surface area contributed by atoms with E-state index in [1.54, 1.807) is 0 Å². The minimum atomic E-state index is 0. The van der Waals surface area contributed by atoms with E-state index in [2.05, 4.69) is 0 Å². The third-order valence-electron chi connectivity index (χ3n) is 0.